The summed E-state index contributed by atoms with van der Waals surface area (Å²) in [6.07, 6.45) is 0.466. The number of rotatable bonds is 10. The molecule has 39 heavy (non-hydrogen) atoms. The number of carbonyl (C=O) groups is 2. The van der Waals surface area contributed by atoms with E-state index in [1.54, 1.807) is 86.6 Å². The van der Waals surface area contributed by atoms with E-state index in [0.717, 1.165) is 0 Å². The summed E-state index contributed by atoms with van der Waals surface area (Å²) in [6, 6.07) is 20.2. The highest BCUT2D eigenvalue weighted by Gasteiger charge is 2.21. The molecule has 1 atom stereocenters. The molecule has 0 fully saturated rings. The van der Waals surface area contributed by atoms with Gasteiger partial charge in [0.1, 0.15) is 11.6 Å². The summed E-state index contributed by atoms with van der Waals surface area (Å²) in [5.41, 5.74) is 2.23. The van der Waals surface area contributed by atoms with Crippen LogP contribution in [-0.4, -0.2) is 44.7 Å². The van der Waals surface area contributed by atoms with E-state index in [4.69, 9.17) is 14.9 Å². The zero-order chi connectivity index (χ0) is 28.6. The average molecular weight is 552 g/mol. The molecule has 0 radical (unpaired) electrons. The van der Waals surface area contributed by atoms with E-state index in [1.807, 2.05) is 6.92 Å². The molecule has 0 bridgehead atoms. The highest BCUT2D eigenvalue weighted by molar-refractivity contribution is 7.90. The van der Waals surface area contributed by atoms with Crippen molar-refractivity contribution in [3.63, 3.8) is 0 Å². The Morgan fingerprint density at radius 3 is 2.31 bits per heavy atom. The van der Waals surface area contributed by atoms with Gasteiger partial charge in [0.05, 0.1) is 11.0 Å². The van der Waals surface area contributed by atoms with Crippen molar-refractivity contribution in [2.45, 2.75) is 50.7 Å². The molecule has 0 spiro atoms. The monoisotopic (exact) mass is 551 g/mol. The van der Waals surface area contributed by atoms with Gasteiger partial charge in [0, 0.05) is 23.1 Å². The number of benzene rings is 3. The molecule has 0 aliphatic rings. The summed E-state index contributed by atoms with van der Waals surface area (Å²) in [5.74, 6) is -0.127. The second-order valence-corrected chi connectivity index (χ2v) is 11.2. The summed E-state index contributed by atoms with van der Waals surface area (Å²) >= 11 is 0. The van der Waals surface area contributed by atoms with Crippen LogP contribution in [0.3, 0.4) is 0 Å². The number of amidine groups is 1. The number of hydrogen-bond donors (Lipinski definition) is 3. The van der Waals surface area contributed by atoms with Crippen LogP contribution in [0.2, 0.25) is 0 Å². The Kier molecular flexibility index (Phi) is 9.84. The third-order valence-corrected chi connectivity index (χ3v) is 6.72. The fraction of sp³-hybridized carbons (Fsp3) is 0.276. The van der Waals surface area contributed by atoms with Gasteiger partial charge in [0.15, 0.2) is 15.9 Å². The Balaban J connectivity index is 1.71. The van der Waals surface area contributed by atoms with Crippen molar-refractivity contribution < 1.29 is 27.5 Å². The van der Waals surface area contributed by atoms with E-state index in [0.29, 0.717) is 41.0 Å². The third-order valence-electron chi connectivity index (χ3n) is 5.56. The number of nitrogens with one attached hydrogen (secondary N) is 3. The maximum Gasteiger partial charge on any atom is 0.413 e. The highest BCUT2D eigenvalue weighted by atomic mass is 32.2. The lowest BCUT2D eigenvalue weighted by molar-refractivity contribution is -0.123. The van der Waals surface area contributed by atoms with E-state index in [9.17, 15) is 18.0 Å². The van der Waals surface area contributed by atoms with Crippen molar-refractivity contribution in [3.05, 3.63) is 78.4 Å². The van der Waals surface area contributed by atoms with Crippen molar-refractivity contribution in [1.82, 2.24) is 5.32 Å². The second-order valence-electron chi connectivity index (χ2n) is 9.21. The molecule has 10 heteroatoms. The van der Waals surface area contributed by atoms with Crippen molar-refractivity contribution in [3.8, 4) is 16.9 Å². The van der Waals surface area contributed by atoms with Crippen LogP contribution in [0.4, 0.5) is 10.5 Å². The minimum atomic E-state index is -3.40. The Labute approximate surface area is 229 Å². The van der Waals surface area contributed by atoms with Gasteiger partial charge in [0.25, 0.3) is 5.91 Å². The van der Waals surface area contributed by atoms with Gasteiger partial charge < -0.3 is 14.8 Å². The van der Waals surface area contributed by atoms with Gasteiger partial charge in [-0.2, -0.15) is 0 Å². The Bertz CT molecular complexity index is 1440. The quantitative estimate of drug-likeness (QED) is 0.228. The average Bonchev–Trinajstić information content (AvgIpc) is 2.88. The van der Waals surface area contributed by atoms with Crippen LogP contribution in [0.5, 0.6) is 5.75 Å². The molecule has 0 heterocycles. The van der Waals surface area contributed by atoms with Crippen LogP contribution in [0.25, 0.3) is 11.1 Å². The fourth-order valence-corrected chi connectivity index (χ4v) is 4.71. The van der Waals surface area contributed by atoms with Gasteiger partial charge in [-0.25, -0.2) is 13.2 Å². The summed E-state index contributed by atoms with van der Waals surface area (Å²) in [4.78, 5) is 25.1. The lowest BCUT2D eigenvalue weighted by Gasteiger charge is -2.19. The van der Waals surface area contributed by atoms with Crippen molar-refractivity contribution in [2.75, 3.05) is 11.6 Å². The number of alkyl carbamates (subject to hydrolysis) is 1. The molecule has 0 saturated heterocycles. The Hall–Kier alpha value is -4.18. The van der Waals surface area contributed by atoms with Crippen LogP contribution in [-0.2, 0) is 19.4 Å². The first-order chi connectivity index (χ1) is 18.5. The number of amides is 2. The van der Waals surface area contributed by atoms with Gasteiger partial charge in [-0.3, -0.25) is 15.5 Å². The maximum atomic E-state index is 13.1. The highest BCUT2D eigenvalue weighted by Crippen LogP contribution is 2.28. The molecule has 3 N–H and O–H groups in total. The molecule has 0 aliphatic carbocycles. The topological polar surface area (TPSA) is 135 Å². The molecular formula is C29H33N3O6S. The van der Waals surface area contributed by atoms with Crippen LogP contribution in [0.15, 0.2) is 77.7 Å². The first kappa shape index (κ1) is 29.4. The zero-order valence-electron chi connectivity index (χ0n) is 22.4. The molecule has 9 nitrogen and oxygen atoms in total. The molecule has 0 aliphatic heterocycles. The largest absolute Gasteiger partial charge is 0.481 e. The predicted molar refractivity (Wildman–Crippen MR) is 151 cm³/mol. The molecule has 0 saturated carbocycles. The number of ether oxygens (including phenoxy) is 2. The van der Waals surface area contributed by atoms with Gasteiger partial charge >= 0.3 is 6.09 Å². The van der Waals surface area contributed by atoms with Gasteiger partial charge in [-0.1, -0.05) is 55.8 Å². The van der Waals surface area contributed by atoms with Gasteiger partial charge in [-0.15, -0.1) is 0 Å². The van der Waals surface area contributed by atoms with Crippen LogP contribution < -0.4 is 15.4 Å². The number of anilines is 1. The predicted octanol–water partition coefficient (Wildman–Crippen LogP) is 5.40. The van der Waals surface area contributed by atoms with E-state index in [-0.39, 0.29) is 22.7 Å². The Morgan fingerprint density at radius 1 is 0.974 bits per heavy atom. The first-order valence-electron chi connectivity index (χ1n) is 12.5. The van der Waals surface area contributed by atoms with Crippen LogP contribution in [0.1, 0.15) is 39.2 Å². The third kappa shape index (κ3) is 8.41. The smallest absolute Gasteiger partial charge is 0.413 e. The minimum Gasteiger partial charge on any atom is -0.481 e. The number of hydrogen-bond acceptors (Lipinski definition) is 7. The lowest BCUT2D eigenvalue weighted by Crippen LogP contribution is -2.33. The minimum absolute atomic E-state index is 0.153. The SMILES string of the molecule is CCCC(Oc1cccc(C(=N)NC(=O)OC(C)C)c1)C(=O)Nc1ccc(-c2ccccc2S(C)(=O)=O)cc1. The fourth-order valence-electron chi connectivity index (χ4n) is 3.80. The molecule has 3 aromatic carbocycles. The molecule has 2 amide bonds. The number of carbonyl (C=O) groups excluding carboxylic acids is 2. The van der Waals surface area contributed by atoms with E-state index in [2.05, 4.69) is 10.6 Å². The molecule has 3 rings (SSSR count). The molecule has 0 aromatic heterocycles. The van der Waals surface area contributed by atoms with Crippen LogP contribution in [0, 0.1) is 5.41 Å². The second kappa shape index (κ2) is 13.1. The summed E-state index contributed by atoms with van der Waals surface area (Å²) in [7, 11) is -3.40. The van der Waals surface area contributed by atoms with Crippen molar-refractivity contribution in [2.24, 2.45) is 0 Å². The van der Waals surface area contributed by atoms with Crippen LogP contribution >= 0.6 is 0 Å². The zero-order valence-corrected chi connectivity index (χ0v) is 23.2. The van der Waals surface area contributed by atoms with Crippen molar-refractivity contribution in [1.29, 1.82) is 5.41 Å². The molecule has 3 aromatic rings. The van der Waals surface area contributed by atoms with Gasteiger partial charge in [-0.05, 0) is 56.2 Å². The normalized spacial score (nSPS) is 11.9. The summed E-state index contributed by atoms with van der Waals surface area (Å²) in [5, 5.41) is 13.4. The van der Waals surface area contributed by atoms with Crippen molar-refractivity contribution >= 4 is 33.4 Å². The summed E-state index contributed by atoms with van der Waals surface area (Å²) < 4.78 is 35.3. The van der Waals surface area contributed by atoms with E-state index in [1.165, 1.54) is 6.26 Å². The number of sulfone groups is 1. The molecular weight excluding hydrogens is 518 g/mol. The van der Waals surface area contributed by atoms with E-state index >= 15 is 0 Å². The molecule has 1 unspecified atom stereocenters. The summed E-state index contributed by atoms with van der Waals surface area (Å²) in [6.45, 7) is 5.36. The lowest BCUT2D eigenvalue weighted by atomic mass is 10.1. The Morgan fingerprint density at radius 2 is 1.67 bits per heavy atom. The maximum absolute atomic E-state index is 13.1. The first-order valence-corrected chi connectivity index (χ1v) is 14.4. The van der Waals surface area contributed by atoms with Gasteiger partial charge in [0.2, 0.25) is 0 Å². The molecule has 206 valence electrons. The van der Waals surface area contributed by atoms with E-state index < -0.39 is 22.0 Å². The standard InChI is InChI=1S/C29H33N3O6S/c1-5-9-25(38-23-11-8-10-21(18-23)27(30)32-29(34)37-19(2)3)28(33)31-22-16-14-20(15-17-22)24-12-6-7-13-26(24)39(4,35)36/h6-8,10-19,25H,5,9H2,1-4H3,(H,31,33)(H2,30,32,34).